The summed E-state index contributed by atoms with van der Waals surface area (Å²) in [6, 6.07) is 4.15. The standard InChI is InChI=1S/C12H13N3S/c1-2-6-15(5-1)12-13-8-10(9-14-12)11-4-3-7-16-11/h3-4,7-9H,1-2,5-6H2. The first-order valence-electron chi connectivity index (χ1n) is 5.54. The molecule has 0 amide bonds. The Morgan fingerprint density at radius 1 is 1.12 bits per heavy atom. The van der Waals surface area contributed by atoms with Gasteiger partial charge in [0.15, 0.2) is 0 Å². The van der Waals surface area contributed by atoms with Crippen LogP contribution in [0.3, 0.4) is 0 Å². The second-order valence-corrected chi connectivity index (χ2v) is 4.89. The van der Waals surface area contributed by atoms with Crippen LogP contribution in [-0.4, -0.2) is 23.1 Å². The van der Waals surface area contributed by atoms with Gasteiger partial charge < -0.3 is 4.90 Å². The van der Waals surface area contributed by atoms with E-state index in [9.17, 15) is 0 Å². The van der Waals surface area contributed by atoms with Gasteiger partial charge in [-0.1, -0.05) is 6.07 Å². The van der Waals surface area contributed by atoms with E-state index in [4.69, 9.17) is 0 Å². The Labute approximate surface area is 98.8 Å². The Kier molecular flexibility index (Phi) is 2.58. The molecule has 1 saturated heterocycles. The molecule has 2 aromatic heterocycles. The van der Waals surface area contributed by atoms with Crippen LogP contribution in [0.15, 0.2) is 29.9 Å². The minimum absolute atomic E-state index is 0.873. The van der Waals surface area contributed by atoms with Crippen molar-refractivity contribution in [1.82, 2.24) is 9.97 Å². The zero-order chi connectivity index (χ0) is 10.8. The van der Waals surface area contributed by atoms with Gasteiger partial charge in [-0.15, -0.1) is 11.3 Å². The van der Waals surface area contributed by atoms with Gasteiger partial charge in [-0.25, -0.2) is 9.97 Å². The summed E-state index contributed by atoms with van der Waals surface area (Å²) in [4.78, 5) is 12.4. The van der Waals surface area contributed by atoms with Crippen molar-refractivity contribution >= 4 is 17.3 Å². The molecule has 82 valence electrons. The van der Waals surface area contributed by atoms with E-state index >= 15 is 0 Å². The lowest BCUT2D eigenvalue weighted by atomic mass is 10.3. The van der Waals surface area contributed by atoms with Gasteiger partial charge in [0, 0.05) is 35.9 Å². The minimum atomic E-state index is 0.873. The van der Waals surface area contributed by atoms with E-state index < -0.39 is 0 Å². The fourth-order valence-electron chi connectivity index (χ4n) is 1.97. The first kappa shape index (κ1) is 9.78. The predicted molar refractivity (Wildman–Crippen MR) is 66.8 cm³/mol. The van der Waals surface area contributed by atoms with Crippen LogP contribution in [0, 0.1) is 0 Å². The molecule has 0 bridgehead atoms. The lowest BCUT2D eigenvalue weighted by Gasteiger charge is -2.14. The lowest BCUT2D eigenvalue weighted by molar-refractivity contribution is 0.899. The van der Waals surface area contributed by atoms with Crippen molar-refractivity contribution in [1.29, 1.82) is 0 Å². The molecule has 0 saturated carbocycles. The Morgan fingerprint density at radius 3 is 2.50 bits per heavy atom. The van der Waals surface area contributed by atoms with E-state index in [1.807, 2.05) is 18.5 Å². The fraction of sp³-hybridized carbons (Fsp3) is 0.333. The Bertz CT molecular complexity index is 444. The molecule has 3 nitrogen and oxygen atoms in total. The first-order chi connectivity index (χ1) is 7.93. The lowest BCUT2D eigenvalue weighted by Crippen LogP contribution is -2.20. The molecule has 0 spiro atoms. The van der Waals surface area contributed by atoms with Crippen LogP contribution in [0.2, 0.25) is 0 Å². The SMILES string of the molecule is c1csc(-c2cnc(N3CCCC3)nc2)c1. The summed E-state index contributed by atoms with van der Waals surface area (Å²) in [6.07, 6.45) is 6.37. The van der Waals surface area contributed by atoms with Gasteiger partial charge in [0.2, 0.25) is 5.95 Å². The third-order valence-electron chi connectivity index (χ3n) is 2.83. The second kappa shape index (κ2) is 4.22. The van der Waals surface area contributed by atoms with Crippen LogP contribution in [0.4, 0.5) is 5.95 Å². The first-order valence-corrected chi connectivity index (χ1v) is 6.42. The summed E-state index contributed by atoms with van der Waals surface area (Å²) >= 11 is 1.72. The molecule has 0 radical (unpaired) electrons. The minimum Gasteiger partial charge on any atom is -0.341 e. The summed E-state index contributed by atoms with van der Waals surface area (Å²) in [5, 5.41) is 2.07. The van der Waals surface area contributed by atoms with Gasteiger partial charge in [-0.2, -0.15) is 0 Å². The highest BCUT2D eigenvalue weighted by Crippen LogP contribution is 2.24. The topological polar surface area (TPSA) is 29.0 Å². The van der Waals surface area contributed by atoms with Gasteiger partial charge in [0.05, 0.1) is 0 Å². The molecule has 16 heavy (non-hydrogen) atoms. The van der Waals surface area contributed by atoms with Crippen molar-refractivity contribution in [2.45, 2.75) is 12.8 Å². The Balaban J connectivity index is 1.84. The summed E-state index contributed by atoms with van der Waals surface area (Å²) in [5.41, 5.74) is 1.11. The molecule has 4 heteroatoms. The Hall–Kier alpha value is -1.42. The number of aromatic nitrogens is 2. The number of thiophene rings is 1. The molecular weight excluding hydrogens is 218 g/mol. The second-order valence-electron chi connectivity index (χ2n) is 3.94. The third kappa shape index (κ3) is 1.80. The van der Waals surface area contributed by atoms with Crippen LogP contribution in [-0.2, 0) is 0 Å². The highest BCUT2D eigenvalue weighted by molar-refractivity contribution is 7.13. The summed E-state index contributed by atoms with van der Waals surface area (Å²) in [6.45, 7) is 2.19. The molecule has 3 rings (SSSR count). The van der Waals surface area contributed by atoms with Gasteiger partial charge in [-0.3, -0.25) is 0 Å². The van der Waals surface area contributed by atoms with Crippen molar-refractivity contribution in [3.8, 4) is 10.4 Å². The van der Waals surface area contributed by atoms with Gasteiger partial charge in [0.1, 0.15) is 0 Å². The quantitative estimate of drug-likeness (QED) is 0.796. The van der Waals surface area contributed by atoms with Crippen molar-refractivity contribution in [2.24, 2.45) is 0 Å². The zero-order valence-electron chi connectivity index (χ0n) is 8.97. The molecule has 0 N–H and O–H groups in total. The van der Waals surface area contributed by atoms with Gasteiger partial charge in [0.25, 0.3) is 0 Å². The maximum Gasteiger partial charge on any atom is 0.225 e. The molecule has 2 aromatic rings. The molecule has 0 aliphatic carbocycles. The Morgan fingerprint density at radius 2 is 1.88 bits per heavy atom. The highest BCUT2D eigenvalue weighted by Gasteiger charge is 2.14. The van der Waals surface area contributed by atoms with Crippen LogP contribution >= 0.6 is 11.3 Å². The number of rotatable bonds is 2. The molecule has 1 fully saturated rings. The zero-order valence-corrected chi connectivity index (χ0v) is 9.78. The predicted octanol–water partition coefficient (Wildman–Crippen LogP) is 2.81. The van der Waals surface area contributed by atoms with Gasteiger partial charge in [-0.05, 0) is 24.3 Å². The summed E-state index contributed by atoms with van der Waals surface area (Å²) in [7, 11) is 0. The monoisotopic (exact) mass is 231 g/mol. The number of hydrogen-bond acceptors (Lipinski definition) is 4. The molecular formula is C12H13N3S. The maximum absolute atomic E-state index is 4.44. The molecule has 1 aliphatic heterocycles. The molecule has 1 aliphatic rings. The summed E-state index contributed by atoms with van der Waals surface area (Å²) < 4.78 is 0. The van der Waals surface area contributed by atoms with Crippen LogP contribution in [0.25, 0.3) is 10.4 Å². The molecule has 0 aromatic carbocycles. The van der Waals surface area contributed by atoms with Crippen molar-refractivity contribution < 1.29 is 0 Å². The normalized spacial score (nSPS) is 15.6. The smallest absolute Gasteiger partial charge is 0.225 e. The van der Waals surface area contributed by atoms with E-state index in [-0.39, 0.29) is 0 Å². The van der Waals surface area contributed by atoms with Crippen LogP contribution in [0.5, 0.6) is 0 Å². The highest BCUT2D eigenvalue weighted by atomic mass is 32.1. The van der Waals surface area contributed by atoms with Crippen LogP contribution in [0.1, 0.15) is 12.8 Å². The average molecular weight is 231 g/mol. The number of anilines is 1. The molecule has 0 unspecified atom stereocenters. The van der Waals surface area contributed by atoms with E-state index in [0.717, 1.165) is 24.6 Å². The maximum atomic E-state index is 4.44. The number of hydrogen-bond donors (Lipinski definition) is 0. The van der Waals surface area contributed by atoms with Gasteiger partial charge >= 0.3 is 0 Å². The molecule has 0 atom stereocenters. The largest absolute Gasteiger partial charge is 0.341 e. The van der Waals surface area contributed by atoms with Crippen molar-refractivity contribution in [3.05, 3.63) is 29.9 Å². The third-order valence-corrected chi connectivity index (χ3v) is 3.75. The van der Waals surface area contributed by atoms with Crippen molar-refractivity contribution in [3.63, 3.8) is 0 Å². The van der Waals surface area contributed by atoms with Crippen LogP contribution < -0.4 is 4.90 Å². The van der Waals surface area contributed by atoms with E-state index in [2.05, 4.69) is 26.3 Å². The van der Waals surface area contributed by atoms with E-state index in [1.54, 1.807) is 11.3 Å². The van der Waals surface area contributed by atoms with Crippen molar-refractivity contribution in [2.75, 3.05) is 18.0 Å². The fourth-order valence-corrected chi connectivity index (χ4v) is 2.67. The van der Waals surface area contributed by atoms with E-state index in [0.29, 0.717) is 0 Å². The van der Waals surface area contributed by atoms with E-state index in [1.165, 1.54) is 17.7 Å². The summed E-state index contributed by atoms with van der Waals surface area (Å²) in [5.74, 6) is 0.873. The number of nitrogens with zero attached hydrogens (tertiary/aromatic N) is 3. The molecule has 3 heterocycles. The average Bonchev–Trinajstić information content (AvgIpc) is 3.03.